The Hall–Kier alpha value is -3.55. The Morgan fingerprint density at radius 2 is 0.742 bits per heavy atom. The Morgan fingerprint density at radius 3 is 1.16 bits per heavy atom. The number of aliphatic hydroxyl groups excluding tert-OH is 11. The van der Waals surface area contributed by atoms with Crippen LogP contribution in [0.4, 0.5) is 0 Å². The summed E-state index contributed by atoms with van der Waals surface area (Å²) in [5, 5.41) is 120. The topological polar surface area (TPSA) is 307 Å². The summed E-state index contributed by atoms with van der Waals surface area (Å²) in [6.07, 6.45) is 46.4. The molecule has 3 saturated heterocycles. The van der Waals surface area contributed by atoms with Crippen molar-refractivity contribution in [1.29, 1.82) is 0 Å². The number of rotatable bonds is 53. The summed E-state index contributed by atoms with van der Waals surface area (Å²) in [6.45, 7) is 1.59. The van der Waals surface area contributed by atoms with Gasteiger partial charge in [0.15, 0.2) is 18.9 Å². The average Bonchev–Trinajstić information content (AvgIpc) is 0.842. The fourth-order valence-electron chi connectivity index (χ4n) is 11.3. The van der Waals surface area contributed by atoms with Gasteiger partial charge in [0, 0.05) is 6.42 Å². The van der Waals surface area contributed by atoms with Crippen molar-refractivity contribution in [2.45, 2.75) is 324 Å². The Labute approximate surface area is 557 Å². The van der Waals surface area contributed by atoms with Crippen LogP contribution < -0.4 is 5.32 Å². The second-order valence-corrected chi connectivity index (χ2v) is 25.0. The smallest absolute Gasteiger partial charge is 0.220 e. The normalized spacial score (nSPS) is 28.2. The molecule has 0 aromatic heterocycles. The van der Waals surface area contributed by atoms with E-state index in [4.69, 9.17) is 28.4 Å². The van der Waals surface area contributed by atoms with Crippen LogP contribution in [0.15, 0.2) is 109 Å². The van der Waals surface area contributed by atoms with Gasteiger partial charge in [0.05, 0.1) is 38.6 Å². The molecule has 3 rings (SSSR count). The van der Waals surface area contributed by atoms with Gasteiger partial charge < -0.3 is 89.9 Å². The first-order valence-corrected chi connectivity index (χ1v) is 35.6. The van der Waals surface area contributed by atoms with Crippen molar-refractivity contribution in [3.05, 3.63) is 109 Å². The van der Waals surface area contributed by atoms with E-state index >= 15 is 0 Å². The fourth-order valence-corrected chi connectivity index (χ4v) is 11.3. The molecule has 0 aromatic rings. The molecule has 3 heterocycles. The van der Waals surface area contributed by atoms with Gasteiger partial charge in [0.1, 0.15) is 73.2 Å². The van der Waals surface area contributed by atoms with Crippen molar-refractivity contribution in [1.82, 2.24) is 5.32 Å². The zero-order valence-corrected chi connectivity index (χ0v) is 56.4. The third-order valence-electron chi connectivity index (χ3n) is 17.1. The first-order chi connectivity index (χ1) is 45.3. The minimum atomic E-state index is -1.98. The summed E-state index contributed by atoms with van der Waals surface area (Å²) >= 11 is 0. The quantitative estimate of drug-likeness (QED) is 0.0199. The Balaban J connectivity index is 1.36. The maximum Gasteiger partial charge on any atom is 0.220 e. The van der Waals surface area contributed by atoms with E-state index in [0.717, 1.165) is 109 Å². The van der Waals surface area contributed by atoms with Crippen LogP contribution in [0.5, 0.6) is 0 Å². The zero-order chi connectivity index (χ0) is 67.5. The summed E-state index contributed by atoms with van der Waals surface area (Å²) < 4.78 is 34.3. The van der Waals surface area contributed by atoms with Gasteiger partial charge in [-0.25, -0.2) is 0 Å². The van der Waals surface area contributed by atoms with Crippen LogP contribution in [0.3, 0.4) is 0 Å². The largest absolute Gasteiger partial charge is 0.394 e. The summed E-state index contributed by atoms with van der Waals surface area (Å²) in [5.41, 5.74) is 0. The van der Waals surface area contributed by atoms with E-state index in [0.29, 0.717) is 6.42 Å². The Bertz CT molecular complexity index is 2110. The van der Waals surface area contributed by atoms with Crippen LogP contribution in [-0.2, 0) is 33.2 Å². The molecule has 0 aliphatic carbocycles. The molecule has 0 radical (unpaired) electrons. The molecule has 3 fully saturated rings. The van der Waals surface area contributed by atoms with Crippen molar-refractivity contribution in [3.8, 4) is 0 Å². The number of nitrogens with one attached hydrogen (secondary N) is 1. The van der Waals surface area contributed by atoms with Crippen LogP contribution >= 0.6 is 0 Å². The average molecular weight is 1320 g/mol. The van der Waals surface area contributed by atoms with Gasteiger partial charge in [-0.1, -0.05) is 239 Å². The summed E-state index contributed by atoms with van der Waals surface area (Å²) in [6, 6.07) is -0.982. The second-order valence-electron chi connectivity index (χ2n) is 25.0. The van der Waals surface area contributed by atoms with Gasteiger partial charge in [0.25, 0.3) is 0 Å². The van der Waals surface area contributed by atoms with Crippen molar-refractivity contribution >= 4 is 5.91 Å². The third kappa shape index (κ3) is 36.0. The minimum absolute atomic E-state index is 0.231. The molecule has 12 N–H and O–H groups in total. The number of carbonyl (C=O) groups is 1. The van der Waals surface area contributed by atoms with E-state index in [2.05, 4.69) is 116 Å². The molecule has 0 bridgehead atoms. The van der Waals surface area contributed by atoms with Gasteiger partial charge in [-0.15, -0.1) is 0 Å². The summed E-state index contributed by atoms with van der Waals surface area (Å²) in [7, 11) is 0. The van der Waals surface area contributed by atoms with Crippen LogP contribution in [0.1, 0.15) is 219 Å². The zero-order valence-electron chi connectivity index (χ0n) is 56.4. The molecule has 19 heteroatoms. The molecule has 0 spiro atoms. The van der Waals surface area contributed by atoms with E-state index in [1.165, 1.54) is 83.5 Å². The van der Waals surface area contributed by atoms with Gasteiger partial charge >= 0.3 is 0 Å². The molecule has 1 amide bonds. The van der Waals surface area contributed by atoms with Gasteiger partial charge in [-0.05, 0) is 83.5 Å². The first kappa shape index (κ1) is 83.7. The highest BCUT2D eigenvalue weighted by Crippen LogP contribution is 2.33. The van der Waals surface area contributed by atoms with Crippen LogP contribution in [0, 0.1) is 0 Å². The number of hydrogen-bond acceptors (Lipinski definition) is 18. The molecular formula is C74H125NO18. The van der Waals surface area contributed by atoms with Gasteiger partial charge in [-0.3, -0.25) is 4.79 Å². The van der Waals surface area contributed by atoms with Gasteiger partial charge in [0.2, 0.25) is 5.91 Å². The standard InChI is InChI=1S/C74H125NO18/c1-3-5-7-9-11-13-15-17-18-19-20-21-22-23-24-25-26-27-28-29-30-31-32-33-34-35-36-37-38-40-42-44-46-48-50-52-62(80)75-57(58(79)51-49-47-45-43-41-39-16-14-12-10-8-6-4-2)56-88-72-68(86)65(83)70(60(54-77)90-72)93-74-69(87)66(84)71(61(55-78)91-74)92-73-67(85)64(82)63(81)59(53-76)89-73/h5,7,11,13,17-18,20-21,23-24,26-27,29-30,32-33,49,51,57-61,63-74,76-79,81-87H,3-4,6,8-10,12,14-16,19,22,25,28,31,34-48,50,52-56H2,1-2H3,(H,75,80)/b7-5-,13-11-,18-17-,21-20-,24-23-,27-26-,30-29-,33-32-,51-49+. The van der Waals surface area contributed by atoms with E-state index < -0.39 is 124 Å². The first-order valence-electron chi connectivity index (χ1n) is 35.6. The third-order valence-corrected chi connectivity index (χ3v) is 17.1. The van der Waals surface area contributed by atoms with Gasteiger partial charge in [-0.2, -0.15) is 0 Å². The highest BCUT2D eigenvalue weighted by Gasteiger charge is 2.53. The summed E-state index contributed by atoms with van der Waals surface area (Å²) in [5.74, 6) is -0.286. The lowest BCUT2D eigenvalue weighted by atomic mass is 9.96. The Morgan fingerprint density at radius 1 is 0.398 bits per heavy atom. The molecule has 93 heavy (non-hydrogen) atoms. The molecule has 0 saturated carbocycles. The van der Waals surface area contributed by atoms with E-state index in [1.807, 2.05) is 6.08 Å². The fraction of sp³-hybridized carbons (Fsp3) is 0.743. The highest BCUT2D eigenvalue weighted by molar-refractivity contribution is 5.76. The SMILES string of the molecule is CC/C=C\C/C=C\C/C=C\C/C=C\C/C=C\C/C=C\C/C=C\C/C=C\CCCCCCCCCCCCC(=O)NC(COC1OC(CO)C(OC2OC(CO)C(OC3OC(CO)C(O)C(O)C3O)C(O)C2O)C(O)C1O)C(O)/C=C/CCCCCCCCCCCCC. The van der Waals surface area contributed by atoms with Crippen molar-refractivity contribution < 1.29 is 89.4 Å². The lowest BCUT2D eigenvalue weighted by Crippen LogP contribution is -2.66. The van der Waals surface area contributed by atoms with Crippen LogP contribution in [0.2, 0.25) is 0 Å². The number of ether oxygens (including phenoxy) is 6. The molecule has 19 nitrogen and oxygen atoms in total. The number of allylic oxidation sites excluding steroid dienone is 17. The van der Waals surface area contributed by atoms with Crippen molar-refractivity contribution in [2.75, 3.05) is 26.4 Å². The molecule has 17 atom stereocenters. The maximum absolute atomic E-state index is 13.4. The lowest BCUT2D eigenvalue weighted by molar-refractivity contribution is -0.379. The molecule has 0 aromatic carbocycles. The highest BCUT2D eigenvalue weighted by atomic mass is 16.8. The monoisotopic (exact) mass is 1320 g/mol. The molecule has 3 aliphatic rings. The molecule has 17 unspecified atom stereocenters. The predicted molar refractivity (Wildman–Crippen MR) is 364 cm³/mol. The minimum Gasteiger partial charge on any atom is -0.394 e. The van der Waals surface area contributed by atoms with E-state index in [9.17, 15) is 61.0 Å². The van der Waals surface area contributed by atoms with Crippen LogP contribution in [0.25, 0.3) is 0 Å². The molecular weight excluding hydrogens is 1190 g/mol. The predicted octanol–water partition coefficient (Wildman–Crippen LogP) is 9.83. The second kappa shape index (κ2) is 54.5. The summed E-state index contributed by atoms with van der Waals surface area (Å²) in [4.78, 5) is 13.4. The van der Waals surface area contributed by atoms with E-state index in [-0.39, 0.29) is 18.9 Å². The molecule has 534 valence electrons. The van der Waals surface area contributed by atoms with Crippen molar-refractivity contribution in [3.63, 3.8) is 0 Å². The van der Waals surface area contributed by atoms with Crippen molar-refractivity contribution in [2.24, 2.45) is 0 Å². The maximum atomic E-state index is 13.4. The number of aliphatic hydroxyl groups is 11. The van der Waals surface area contributed by atoms with E-state index in [1.54, 1.807) is 6.08 Å². The number of amides is 1. The Kier molecular flexibility index (Phi) is 49.0. The number of unbranched alkanes of at least 4 members (excludes halogenated alkanes) is 21. The molecule has 3 aliphatic heterocycles. The number of carbonyl (C=O) groups excluding carboxylic acids is 1. The lowest BCUT2D eigenvalue weighted by Gasteiger charge is -2.48. The number of hydrogen-bond donors (Lipinski definition) is 12. The van der Waals surface area contributed by atoms with Crippen LogP contribution in [-0.4, -0.2) is 193 Å².